The Morgan fingerprint density at radius 2 is 1.76 bits per heavy atom. The van der Waals surface area contributed by atoms with Crippen molar-refractivity contribution in [3.8, 4) is 0 Å². The summed E-state index contributed by atoms with van der Waals surface area (Å²) in [4.78, 5) is 20.0. The van der Waals surface area contributed by atoms with Crippen molar-refractivity contribution in [3.63, 3.8) is 0 Å². The summed E-state index contributed by atoms with van der Waals surface area (Å²) in [7, 11) is 0. The molecule has 0 aliphatic heterocycles. The molecule has 0 radical (unpaired) electrons. The van der Waals surface area contributed by atoms with Crippen LogP contribution in [0.25, 0.3) is 0 Å². The molecule has 5 heteroatoms. The van der Waals surface area contributed by atoms with Crippen LogP contribution in [0.5, 0.6) is 0 Å². The monoisotopic (exact) mass is 239 g/mol. The van der Waals surface area contributed by atoms with E-state index in [-0.39, 0.29) is 12.6 Å². The number of hydrogen-bond acceptors (Lipinski definition) is 4. The van der Waals surface area contributed by atoms with Gasteiger partial charge in [0.15, 0.2) is 0 Å². The van der Waals surface area contributed by atoms with Crippen molar-refractivity contribution in [1.82, 2.24) is 0 Å². The molecule has 17 heavy (non-hydrogen) atoms. The molecule has 1 rings (SSSR count). The van der Waals surface area contributed by atoms with Crippen molar-refractivity contribution in [2.75, 3.05) is 6.61 Å². The molecule has 0 atom stereocenters. The van der Waals surface area contributed by atoms with Crippen molar-refractivity contribution in [1.29, 1.82) is 0 Å². The number of hydrogen-bond donors (Lipinski definition) is 1. The van der Waals surface area contributed by atoms with Gasteiger partial charge >= 0.3 is 12.1 Å². The molecule has 0 spiro atoms. The SMILES string of the molecule is CCOC(C)=O.NC(=O)OCc1ccccc1. The van der Waals surface area contributed by atoms with Gasteiger partial charge in [0.05, 0.1) is 6.61 Å². The molecule has 1 aromatic carbocycles. The zero-order valence-corrected chi connectivity index (χ0v) is 10.0. The molecule has 0 heterocycles. The predicted molar refractivity (Wildman–Crippen MR) is 63.1 cm³/mol. The van der Waals surface area contributed by atoms with E-state index in [9.17, 15) is 9.59 Å². The number of ether oxygens (including phenoxy) is 2. The lowest BCUT2D eigenvalue weighted by atomic mass is 10.2. The number of nitrogens with two attached hydrogens (primary N) is 1. The van der Waals surface area contributed by atoms with Crippen molar-refractivity contribution in [2.24, 2.45) is 5.73 Å². The van der Waals surface area contributed by atoms with E-state index in [0.717, 1.165) is 5.56 Å². The molecule has 0 aromatic heterocycles. The molecule has 2 N–H and O–H groups in total. The maximum Gasteiger partial charge on any atom is 0.404 e. The van der Waals surface area contributed by atoms with E-state index < -0.39 is 6.09 Å². The lowest BCUT2D eigenvalue weighted by molar-refractivity contribution is -0.140. The Balaban J connectivity index is 0.000000366. The average molecular weight is 239 g/mol. The smallest absolute Gasteiger partial charge is 0.404 e. The van der Waals surface area contributed by atoms with Gasteiger partial charge in [0.1, 0.15) is 6.61 Å². The van der Waals surface area contributed by atoms with Crippen molar-refractivity contribution < 1.29 is 19.1 Å². The van der Waals surface area contributed by atoms with Gasteiger partial charge in [-0.15, -0.1) is 0 Å². The molecular weight excluding hydrogens is 222 g/mol. The second-order valence-electron chi connectivity index (χ2n) is 3.02. The fraction of sp³-hybridized carbons (Fsp3) is 0.333. The summed E-state index contributed by atoms with van der Waals surface area (Å²) in [6, 6.07) is 9.37. The Kier molecular flexibility index (Phi) is 8.10. The van der Waals surface area contributed by atoms with Crippen LogP contribution in [0.4, 0.5) is 4.79 Å². The van der Waals surface area contributed by atoms with Gasteiger partial charge in [-0.2, -0.15) is 0 Å². The molecule has 0 bridgehead atoms. The molecule has 1 aromatic rings. The van der Waals surface area contributed by atoms with Gasteiger partial charge in [-0.3, -0.25) is 4.79 Å². The minimum absolute atomic E-state index is 0.211. The Morgan fingerprint density at radius 1 is 1.18 bits per heavy atom. The molecule has 0 saturated carbocycles. The van der Waals surface area contributed by atoms with E-state index in [1.165, 1.54) is 6.92 Å². The van der Waals surface area contributed by atoms with Gasteiger partial charge in [-0.25, -0.2) is 4.79 Å². The highest BCUT2D eigenvalue weighted by Gasteiger charge is 1.93. The minimum Gasteiger partial charge on any atom is -0.466 e. The van der Waals surface area contributed by atoms with Crippen molar-refractivity contribution in [3.05, 3.63) is 35.9 Å². The van der Waals surface area contributed by atoms with E-state index in [1.54, 1.807) is 6.92 Å². The average Bonchev–Trinajstić information content (AvgIpc) is 2.28. The van der Waals surface area contributed by atoms with Crippen molar-refractivity contribution >= 4 is 12.1 Å². The molecule has 0 saturated heterocycles. The fourth-order valence-electron chi connectivity index (χ4n) is 0.932. The van der Waals surface area contributed by atoms with Crippen LogP contribution in [0, 0.1) is 0 Å². The number of amides is 1. The summed E-state index contributed by atoms with van der Waals surface area (Å²) in [5, 5.41) is 0. The van der Waals surface area contributed by atoms with Gasteiger partial charge in [-0.1, -0.05) is 30.3 Å². The quantitative estimate of drug-likeness (QED) is 0.816. The molecule has 1 amide bonds. The second kappa shape index (κ2) is 9.21. The van der Waals surface area contributed by atoms with E-state index in [4.69, 9.17) is 5.73 Å². The first-order valence-corrected chi connectivity index (χ1v) is 5.15. The molecule has 5 nitrogen and oxygen atoms in total. The normalized spacial score (nSPS) is 8.59. The lowest BCUT2D eigenvalue weighted by Crippen LogP contribution is -2.12. The van der Waals surface area contributed by atoms with E-state index in [2.05, 4.69) is 9.47 Å². The summed E-state index contributed by atoms with van der Waals surface area (Å²) in [6.45, 7) is 3.90. The van der Waals surface area contributed by atoms with Crippen LogP contribution < -0.4 is 5.73 Å². The number of primary amides is 1. The van der Waals surface area contributed by atoms with Crippen LogP contribution in [0.3, 0.4) is 0 Å². The number of carbonyl (C=O) groups excluding carboxylic acids is 2. The third kappa shape index (κ3) is 10.2. The zero-order valence-electron chi connectivity index (χ0n) is 10.0. The molecule has 0 aliphatic rings. The Morgan fingerprint density at radius 3 is 2.12 bits per heavy atom. The number of esters is 1. The van der Waals surface area contributed by atoms with Gasteiger partial charge < -0.3 is 15.2 Å². The Labute approximate surface area is 101 Å². The molecule has 0 fully saturated rings. The topological polar surface area (TPSA) is 78.6 Å². The fourth-order valence-corrected chi connectivity index (χ4v) is 0.932. The van der Waals surface area contributed by atoms with Gasteiger partial charge in [0, 0.05) is 6.92 Å². The maximum absolute atomic E-state index is 10.2. The Bertz CT molecular complexity index is 338. The Hall–Kier alpha value is -2.04. The first-order chi connectivity index (χ1) is 8.06. The van der Waals surface area contributed by atoms with E-state index in [1.807, 2.05) is 30.3 Å². The highest BCUT2D eigenvalue weighted by atomic mass is 16.5. The van der Waals surface area contributed by atoms with Crippen LogP contribution in [0.1, 0.15) is 19.4 Å². The predicted octanol–water partition coefficient (Wildman–Crippen LogP) is 1.85. The van der Waals surface area contributed by atoms with Crippen LogP contribution >= 0.6 is 0 Å². The van der Waals surface area contributed by atoms with E-state index >= 15 is 0 Å². The van der Waals surface area contributed by atoms with Crippen molar-refractivity contribution in [2.45, 2.75) is 20.5 Å². The molecule has 94 valence electrons. The minimum atomic E-state index is -0.742. The first kappa shape index (κ1) is 15.0. The summed E-state index contributed by atoms with van der Waals surface area (Å²) in [6.07, 6.45) is -0.742. The number of carbonyl (C=O) groups is 2. The largest absolute Gasteiger partial charge is 0.466 e. The van der Waals surface area contributed by atoms with Gasteiger partial charge in [0.25, 0.3) is 0 Å². The zero-order chi connectivity index (χ0) is 13.1. The third-order valence-electron chi connectivity index (χ3n) is 1.57. The summed E-state index contributed by atoms with van der Waals surface area (Å²) in [5.41, 5.74) is 5.72. The number of rotatable bonds is 3. The maximum atomic E-state index is 10.2. The van der Waals surface area contributed by atoms with Crippen LogP contribution in [-0.2, 0) is 20.9 Å². The van der Waals surface area contributed by atoms with Gasteiger partial charge in [-0.05, 0) is 12.5 Å². The summed E-state index contributed by atoms with van der Waals surface area (Å²) < 4.78 is 8.97. The first-order valence-electron chi connectivity index (χ1n) is 5.15. The highest BCUT2D eigenvalue weighted by molar-refractivity contribution is 5.65. The number of benzene rings is 1. The molecule has 0 aliphatic carbocycles. The summed E-state index contributed by atoms with van der Waals surface area (Å²) in [5.74, 6) is -0.211. The van der Waals surface area contributed by atoms with Crippen LogP contribution in [0.2, 0.25) is 0 Å². The van der Waals surface area contributed by atoms with Crippen LogP contribution in [0.15, 0.2) is 30.3 Å². The van der Waals surface area contributed by atoms with Crippen LogP contribution in [-0.4, -0.2) is 18.7 Å². The molecular formula is C12H17NO4. The highest BCUT2D eigenvalue weighted by Crippen LogP contribution is 1.99. The molecule has 0 unspecified atom stereocenters. The lowest BCUT2D eigenvalue weighted by Gasteiger charge is -1.99. The van der Waals surface area contributed by atoms with Gasteiger partial charge in [0.2, 0.25) is 0 Å². The third-order valence-corrected chi connectivity index (χ3v) is 1.57. The second-order valence-corrected chi connectivity index (χ2v) is 3.02. The standard InChI is InChI=1S/C8H9NO2.C4H8O2/c9-8(10)11-6-7-4-2-1-3-5-7;1-3-6-4(2)5/h1-5H,6H2,(H2,9,10);3H2,1-2H3. The summed E-state index contributed by atoms with van der Waals surface area (Å²) >= 11 is 0. The van der Waals surface area contributed by atoms with E-state index in [0.29, 0.717) is 6.61 Å².